The van der Waals surface area contributed by atoms with Gasteiger partial charge in [0.05, 0.1) is 5.88 Å². The van der Waals surface area contributed by atoms with Gasteiger partial charge in [0, 0.05) is 0 Å². The van der Waals surface area contributed by atoms with E-state index in [1.54, 1.807) is 0 Å². The number of aromatic nitrogens is 2. The molecule has 0 aliphatic heterocycles. The van der Waals surface area contributed by atoms with Gasteiger partial charge in [0.1, 0.15) is 28.2 Å². The lowest BCUT2D eigenvalue weighted by atomic mass is 10.2. The van der Waals surface area contributed by atoms with E-state index in [1.807, 2.05) is 0 Å². The molecule has 0 amide bonds. The van der Waals surface area contributed by atoms with Crippen molar-refractivity contribution in [2.75, 3.05) is 0 Å². The van der Waals surface area contributed by atoms with E-state index in [4.69, 9.17) is 11.6 Å². The van der Waals surface area contributed by atoms with E-state index >= 15 is 0 Å². The zero-order valence-corrected chi connectivity index (χ0v) is 8.25. The van der Waals surface area contributed by atoms with Gasteiger partial charge in [-0.25, -0.2) is 4.98 Å². The number of H-pyrrole nitrogens is 1. The smallest absolute Gasteiger partial charge is 0.262 e. The van der Waals surface area contributed by atoms with E-state index in [2.05, 4.69) is 9.97 Å². The minimum Gasteiger partial charge on any atom is -0.507 e. The van der Waals surface area contributed by atoms with E-state index in [-0.39, 0.29) is 34.1 Å². The van der Waals surface area contributed by atoms with Crippen LogP contribution in [0, 0.1) is 0 Å². The van der Waals surface area contributed by atoms with Gasteiger partial charge in [0.25, 0.3) is 5.56 Å². The summed E-state index contributed by atoms with van der Waals surface area (Å²) in [4.78, 5) is 17.8. The number of benzene rings is 1. The summed E-state index contributed by atoms with van der Waals surface area (Å²) in [5.74, 6) is -0.117. The molecule has 0 fully saturated rings. The molecule has 0 aliphatic carbocycles. The van der Waals surface area contributed by atoms with Gasteiger partial charge < -0.3 is 15.2 Å². The third-order valence-corrected chi connectivity index (χ3v) is 2.25. The van der Waals surface area contributed by atoms with Crippen molar-refractivity contribution >= 4 is 22.5 Å². The summed E-state index contributed by atoms with van der Waals surface area (Å²) in [7, 11) is 0. The van der Waals surface area contributed by atoms with E-state index in [1.165, 1.54) is 12.1 Å². The maximum absolute atomic E-state index is 11.5. The summed E-state index contributed by atoms with van der Waals surface area (Å²) in [6.45, 7) is 0. The number of hydrogen-bond donors (Lipinski definition) is 3. The van der Waals surface area contributed by atoms with Crippen LogP contribution in [0.5, 0.6) is 11.5 Å². The Morgan fingerprint density at radius 1 is 1.33 bits per heavy atom. The lowest BCUT2D eigenvalue weighted by molar-refractivity contribution is 0.468. The maximum atomic E-state index is 11.5. The van der Waals surface area contributed by atoms with Crippen LogP contribution in [-0.2, 0) is 5.88 Å². The second kappa shape index (κ2) is 3.43. The molecule has 1 aromatic carbocycles. The Morgan fingerprint density at radius 2 is 2.00 bits per heavy atom. The Bertz CT molecular complexity index is 579. The number of halogens is 1. The highest BCUT2D eigenvalue weighted by molar-refractivity contribution is 6.16. The molecule has 0 spiro atoms. The van der Waals surface area contributed by atoms with Gasteiger partial charge in [-0.2, -0.15) is 0 Å². The first-order valence-corrected chi connectivity index (χ1v) is 4.66. The van der Waals surface area contributed by atoms with Crippen molar-refractivity contribution in [3.05, 3.63) is 28.3 Å². The molecule has 78 valence electrons. The zero-order chi connectivity index (χ0) is 11.0. The molecule has 2 rings (SSSR count). The fourth-order valence-corrected chi connectivity index (χ4v) is 1.45. The van der Waals surface area contributed by atoms with Crippen LogP contribution in [0.3, 0.4) is 0 Å². The second-order valence-corrected chi connectivity index (χ2v) is 3.24. The number of nitrogens with zero attached hydrogens (tertiary/aromatic N) is 1. The highest BCUT2D eigenvalue weighted by Crippen LogP contribution is 2.27. The van der Waals surface area contributed by atoms with Crippen LogP contribution in [0.15, 0.2) is 16.9 Å². The first kappa shape index (κ1) is 9.79. The van der Waals surface area contributed by atoms with Gasteiger partial charge in [-0.1, -0.05) is 0 Å². The van der Waals surface area contributed by atoms with Gasteiger partial charge in [0.2, 0.25) is 0 Å². The van der Waals surface area contributed by atoms with E-state index in [9.17, 15) is 15.0 Å². The van der Waals surface area contributed by atoms with Crippen molar-refractivity contribution in [1.82, 2.24) is 9.97 Å². The summed E-state index contributed by atoms with van der Waals surface area (Å²) >= 11 is 5.51. The van der Waals surface area contributed by atoms with Crippen LogP contribution in [0.25, 0.3) is 10.9 Å². The molecule has 0 saturated heterocycles. The number of nitrogens with one attached hydrogen (secondary N) is 1. The quantitative estimate of drug-likeness (QED) is 0.502. The standard InChI is InChI=1S/C9H7ClN2O3/c10-3-6-11-8-5(14)2-1-4(13)7(8)9(15)12-6/h1-2,13-14H,3H2,(H,11,12,15). The largest absolute Gasteiger partial charge is 0.507 e. The molecule has 0 atom stereocenters. The van der Waals surface area contributed by atoms with Crippen LogP contribution >= 0.6 is 11.6 Å². The molecule has 6 heteroatoms. The Hall–Kier alpha value is -1.75. The molecule has 15 heavy (non-hydrogen) atoms. The van der Waals surface area contributed by atoms with Gasteiger partial charge in [-0.05, 0) is 12.1 Å². The Balaban J connectivity index is 2.97. The summed E-state index contributed by atoms with van der Waals surface area (Å²) in [5, 5.41) is 18.9. The molecular weight excluding hydrogens is 220 g/mol. The number of fused-ring (bicyclic) bond motifs is 1. The number of hydrogen-bond acceptors (Lipinski definition) is 4. The maximum Gasteiger partial charge on any atom is 0.262 e. The van der Waals surface area contributed by atoms with Crippen LogP contribution in [0.1, 0.15) is 5.82 Å². The van der Waals surface area contributed by atoms with Crippen molar-refractivity contribution in [2.24, 2.45) is 0 Å². The van der Waals surface area contributed by atoms with Crippen molar-refractivity contribution in [3.63, 3.8) is 0 Å². The summed E-state index contributed by atoms with van der Waals surface area (Å²) in [6.07, 6.45) is 0. The Kier molecular flexibility index (Phi) is 2.24. The van der Waals surface area contributed by atoms with Gasteiger partial charge in [-0.3, -0.25) is 4.79 Å². The molecule has 1 heterocycles. The monoisotopic (exact) mass is 226 g/mol. The highest BCUT2D eigenvalue weighted by Gasteiger charge is 2.11. The number of alkyl halides is 1. The van der Waals surface area contributed by atoms with Crippen molar-refractivity contribution < 1.29 is 10.2 Å². The number of phenols is 2. The van der Waals surface area contributed by atoms with Gasteiger partial charge in [0.15, 0.2) is 0 Å². The number of rotatable bonds is 1. The molecule has 0 bridgehead atoms. The second-order valence-electron chi connectivity index (χ2n) is 2.97. The lowest BCUT2D eigenvalue weighted by Gasteiger charge is -2.03. The van der Waals surface area contributed by atoms with E-state index < -0.39 is 5.56 Å². The summed E-state index contributed by atoms with van der Waals surface area (Å²) in [6, 6.07) is 2.50. The molecule has 5 nitrogen and oxygen atoms in total. The topological polar surface area (TPSA) is 86.2 Å². The minimum atomic E-state index is -0.524. The molecule has 0 aliphatic rings. The van der Waals surface area contributed by atoms with Gasteiger partial charge >= 0.3 is 0 Å². The third-order valence-electron chi connectivity index (χ3n) is 1.99. The average Bonchev–Trinajstić information content (AvgIpc) is 2.23. The Morgan fingerprint density at radius 3 is 2.67 bits per heavy atom. The van der Waals surface area contributed by atoms with Crippen molar-refractivity contribution in [2.45, 2.75) is 5.88 Å². The van der Waals surface area contributed by atoms with Crippen molar-refractivity contribution in [1.29, 1.82) is 0 Å². The number of aromatic hydroxyl groups is 2. The molecule has 0 saturated carbocycles. The van der Waals surface area contributed by atoms with Crippen LogP contribution in [0.2, 0.25) is 0 Å². The normalized spacial score (nSPS) is 10.7. The average molecular weight is 227 g/mol. The lowest BCUT2D eigenvalue weighted by Crippen LogP contribution is -2.11. The van der Waals surface area contributed by atoms with E-state index in [0.29, 0.717) is 0 Å². The summed E-state index contributed by atoms with van der Waals surface area (Å²) in [5.41, 5.74) is -0.474. The fraction of sp³-hybridized carbons (Fsp3) is 0.111. The third kappa shape index (κ3) is 1.50. The summed E-state index contributed by atoms with van der Waals surface area (Å²) < 4.78 is 0. The molecule has 2 aromatic rings. The minimum absolute atomic E-state index is 0.0281. The Labute approximate surface area is 89.0 Å². The number of phenolic OH excluding ortho intramolecular Hbond substituents is 2. The van der Waals surface area contributed by atoms with Crippen LogP contribution in [0.4, 0.5) is 0 Å². The first-order valence-electron chi connectivity index (χ1n) is 4.13. The molecule has 0 unspecified atom stereocenters. The van der Waals surface area contributed by atoms with Crippen LogP contribution < -0.4 is 5.56 Å². The van der Waals surface area contributed by atoms with Crippen LogP contribution in [-0.4, -0.2) is 20.2 Å². The predicted molar refractivity (Wildman–Crippen MR) is 55.3 cm³/mol. The van der Waals surface area contributed by atoms with E-state index in [0.717, 1.165) is 0 Å². The fourth-order valence-electron chi connectivity index (χ4n) is 1.33. The molecule has 0 radical (unpaired) electrons. The number of aromatic amines is 1. The highest BCUT2D eigenvalue weighted by atomic mass is 35.5. The molecule has 1 aromatic heterocycles. The molecular formula is C9H7ClN2O3. The SMILES string of the molecule is O=c1[nH]c(CCl)nc2c(O)ccc(O)c12. The van der Waals surface area contributed by atoms with Gasteiger partial charge in [-0.15, -0.1) is 11.6 Å². The predicted octanol–water partition coefficient (Wildman–Crippen LogP) is 1.07. The van der Waals surface area contributed by atoms with Crippen molar-refractivity contribution in [3.8, 4) is 11.5 Å². The first-order chi connectivity index (χ1) is 7.13. The molecule has 3 N–H and O–H groups in total. The zero-order valence-electron chi connectivity index (χ0n) is 7.49.